The summed E-state index contributed by atoms with van der Waals surface area (Å²) in [5, 5.41) is 10.4. The molecule has 0 aliphatic heterocycles. The number of halogens is 1. The summed E-state index contributed by atoms with van der Waals surface area (Å²) in [4.78, 5) is 4.08. The van der Waals surface area contributed by atoms with Gasteiger partial charge in [0, 0.05) is 10.6 Å². The fourth-order valence-corrected chi connectivity index (χ4v) is 1.94. The minimum Gasteiger partial charge on any atom is -0.507 e. The molecule has 2 aromatic carbocycles. The number of aromatic hydroxyl groups is 1. The maximum absolute atomic E-state index is 9.81. The number of aromatic nitrogens is 1. The van der Waals surface area contributed by atoms with E-state index < -0.39 is 0 Å². The Balaban J connectivity index is 2.22. The summed E-state index contributed by atoms with van der Waals surface area (Å²) in [6.07, 6.45) is 1.40. The zero-order valence-electron chi connectivity index (χ0n) is 8.72. The van der Waals surface area contributed by atoms with Gasteiger partial charge in [-0.25, -0.2) is 4.98 Å². The lowest BCUT2D eigenvalue weighted by Gasteiger charge is -2.04. The van der Waals surface area contributed by atoms with Gasteiger partial charge in [-0.3, -0.25) is 0 Å². The first-order valence-electron chi connectivity index (χ1n) is 5.06. The van der Waals surface area contributed by atoms with Gasteiger partial charge in [-0.05, 0) is 35.9 Å². The molecule has 1 aromatic heterocycles. The quantitative estimate of drug-likeness (QED) is 0.708. The molecule has 0 fully saturated rings. The fraction of sp³-hybridized carbons (Fsp3) is 0. The summed E-state index contributed by atoms with van der Waals surface area (Å²) < 4.78 is 5.16. The van der Waals surface area contributed by atoms with E-state index in [1.165, 1.54) is 6.39 Å². The van der Waals surface area contributed by atoms with Crippen LogP contribution in [0.3, 0.4) is 0 Å². The summed E-state index contributed by atoms with van der Waals surface area (Å²) in [6, 6.07) is 10.5. The molecule has 0 bridgehead atoms. The van der Waals surface area contributed by atoms with Gasteiger partial charge in [-0.2, -0.15) is 0 Å². The third kappa shape index (κ3) is 1.74. The summed E-state index contributed by atoms with van der Waals surface area (Å²) in [5.74, 6) is 0.192. The Hall–Kier alpha value is -2.00. The lowest BCUT2D eigenvalue weighted by atomic mass is 10.0. The van der Waals surface area contributed by atoms with Crippen LogP contribution in [0.5, 0.6) is 5.75 Å². The normalized spacial score (nSPS) is 10.9. The highest BCUT2D eigenvalue weighted by atomic mass is 35.5. The van der Waals surface area contributed by atoms with Crippen molar-refractivity contribution in [2.45, 2.75) is 0 Å². The highest BCUT2D eigenvalue weighted by molar-refractivity contribution is 6.31. The molecule has 0 amide bonds. The van der Waals surface area contributed by atoms with Crippen LogP contribution in [0.25, 0.3) is 22.2 Å². The van der Waals surface area contributed by atoms with Crippen molar-refractivity contribution in [3.8, 4) is 16.9 Å². The number of nitrogens with zero attached hydrogens (tertiary/aromatic N) is 1. The molecule has 0 saturated heterocycles. The van der Waals surface area contributed by atoms with E-state index in [0.717, 1.165) is 16.7 Å². The molecule has 0 aliphatic carbocycles. The van der Waals surface area contributed by atoms with E-state index in [9.17, 15) is 5.11 Å². The van der Waals surface area contributed by atoms with E-state index in [2.05, 4.69) is 4.98 Å². The van der Waals surface area contributed by atoms with E-state index in [0.29, 0.717) is 10.6 Å². The molecule has 1 heterocycles. The van der Waals surface area contributed by atoms with Gasteiger partial charge in [-0.15, -0.1) is 0 Å². The van der Waals surface area contributed by atoms with Gasteiger partial charge in [0.15, 0.2) is 12.0 Å². The second kappa shape index (κ2) is 3.79. The topological polar surface area (TPSA) is 46.3 Å². The average Bonchev–Trinajstić information content (AvgIpc) is 2.79. The standard InChI is InChI=1S/C13H8ClNO2/c14-9-2-3-12(16)10(6-9)8-1-4-13-11(5-8)15-7-17-13/h1-7,16H. The highest BCUT2D eigenvalue weighted by Gasteiger charge is 2.07. The molecule has 3 nitrogen and oxygen atoms in total. The molecule has 0 radical (unpaired) electrons. The van der Waals surface area contributed by atoms with Crippen molar-refractivity contribution in [1.29, 1.82) is 0 Å². The van der Waals surface area contributed by atoms with Crippen LogP contribution >= 0.6 is 11.6 Å². The smallest absolute Gasteiger partial charge is 0.181 e. The molecular weight excluding hydrogens is 238 g/mol. The molecular formula is C13H8ClNO2. The molecule has 0 spiro atoms. The van der Waals surface area contributed by atoms with Crippen LogP contribution in [0.1, 0.15) is 0 Å². The van der Waals surface area contributed by atoms with Gasteiger partial charge in [0.25, 0.3) is 0 Å². The molecule has 0 saturated carbocycles. The number of phenols is 1. The van der Waals surface area contributed by atoms with E-state index in [1.54, 1.807) is 18.2 Å². The van der Waals surface area contributed by atoms with Gasteiger partial charge in [0.1, 0.15) is 11.3 Å². The Morgan fingerprint density at radius 2 is 2.00 bits per heavy atom. The van der Waals surface area contributed by atoms with Gasteiger partial charge in [0.05, 0.1) is 0 Å². The zero-order valence-corrected chi connectivity index (χ0v) is 9.48. The third-order valence-electron chi connectivity index (χ3n) is 2.60. The van der Waals surface area contributed by atoms with E-state index in [1.807, 2.05) is 18.2 Å². The number of oxazole rings is 1. The van der Waals surface area contributed by atoms with Crippen molar-refractivity contribution in [3.63, 3.8) is 0 Å². The van der Waals surface area contributed by atoms with Crippen LogP contribution in [0.4, 0.5) is 0 Å². The zero-order chi connectivity index (χ0) is 11.8. The monoisotopic (exact) mass is 245 g/mol. The number of fused-ring (bicyclic) bond motifs is 1. The number of phenolic OH excluding ortho intramolecular Hbond substituents is 1. The van der Waals surface area contributed by atoms with Crippen LogP contribution in [-0.2, 0) is 0 Å². The maximum atomic E-state index is 9.81. The molecule has 3 rings (SSSR count). The molecule has 3 aromatic rings. The second-order valence-electron chi connectivity index (χ2n) is 3.70. The van der Waals surface area contributed by atoms with Crippen molar-refractivity contribution in [3.05, 3.63) is 47.8 Å². The number of hydrogen-bond donors (Lipinski definition) is 1. The minimum absolute atomic E-state index is 0.192. The molecule has 84 valence electrons. The SMILES string of the molecule is Oc1ccc(Cl)cc1-c1ccc2ocnc2c1. The highest BCUT2D eigenvalue weighted by Crippen LogP contribution is 2.32. The Labute approximate surface area is 102 Å². The van der Waals surface area contributed by atoms with Gasteiger partial charge >= 0.3 is 0 Å². The van der Waals surface area contributed by atoms with Crippen LogP contribution in [-0.4, -0.2) is 10.1 Å². The largest absolute Gasteiger partial charge is 0.507 e. The first-order valence-corrected chi connectivity index (χ1v) is 5.44. The van der Waals surface area contributed by atoms with Gasteiger partial charge in [0.2, 0.25) is 0 Å². The molecule has 4 heteroatoms. The van der Waals surface area contributed by atoms with Gasteiger partial charge < -0.3 is 9.52 Å². The molecule has 1 N–H and O–H groups in total. The Morgan fingerprint density at radius 3 is 2.88 bits per heavy atom. The molecule has 17 heavy (non-hydrogen) atoms. The first-order chi connectivity index (χ1) is 8.24. The first kappa shape index (κ1) is 10.2. The lowest BCUT2D eigenvalue weighted by Crippen LogP contribution is -1.80. The summed E-state index contributed by atoms with van der Waals surface area (Å²) in [5.41, 5.74) is 3.01. The number of hydrogen-bond acceptors (Lipinski definition) is 3. The molecule has 0 atom stereocenters. The predicted molar refractivity (Wildman–Crippen MR) is 66.1 cm³/mol. The van der Waals surface area contributed by atoms with Gasteiger partial charge in [-0.1, -0.05) is 17.7 Å². The predicted octanol–water partition coefficient (Wildman–Crippen LogP) is 3.85. The number of benzene rings is 2. The van der Waals surface area contributed by atoms with Crippen molar-refractivity contribution in [2.75, 3.05) is 0 Å². The van der Waals surface area contributed by atoms with Crippen molar-refractivity contribution < 1.29 is 9.52 Å². The number of rotatable bonds is 1. The minimum atomic E-state index is 0.192. The lowest BCUT2D eigenvalue weighted by molar-refractivity contribution is 0.477. The Morgan fingerprint density at radius 1 is 1.12 bits per heavy atom. The Bertz CT molecular complexity index is 691. The van der Waals surface area contributed by atoms with Crippen molar-refractivity contribution >= 4 is 22.7 Å². The summed E-state index contributed by atoms with van der Waals surface area (Å²) in [7, 11) is 0. The third-order valence-corrected chi connectivity index (χ3v) is 2.84. The van der Waals surface area contributed by atoms with E-state index >= 15 is 0 Å². The van der Waals surface area contributed by atoms with E-state index in [4.69, 9.17) is 16.0 Å². The van der Waals surface area contributed by atoms with Crippen LogP contribution in [0, 0.1) is 0 Å². The maximum Gasteiger partial charge on any atom is 0.181 e. The molecule has 0 unspecified atom stereocenters. The Kier molecular flexibility index (Phi) is 2.27. The average molecular weight is 246 g/mol. The summed E-state index contributed by atoms with van der Waals surface area (Å²) in [6.45, 7) is 0. The van der Waals surface area contributed by atoms with Crippen molar-refractivity contribution in [1.82, 2.24) is 4.98 Å². The molecule has 0 aliphatic rings. The summed E-state index contributed by atoms with van der Waals surface area (Å²) >= 11 is 5.92. The second-order valence-corrected chi connectivity index (χ2v) is 4.13. The van der Waals surface area contributed by atoms with Crippen molar-refractivity contribution in [2.24, 2.45) is 0 Å². The van der Waals surface area contributed by atoms with Crippen LogP contribution in [0.2, 0.25) is 5.02 Å². The van der Waals surface area contributed by atoms with Crippen LogP contribution in [0.15, 0.2) is 47.2 Å². The van der Waals surface area contributed by atoms with E-state index in [-0.39, 0.29) is 5.75 Å². The fourth-order valence-electron chi connectivity index (χ4n) is 1.76. The van der Waals surface area contributed by atoms with Crippen LogP contribution < -0.4 is 0 Å².